The van der Waals surface area contributed by atoms with Gasteiger partial charge in [0, 0.05) is 5.02 Å². The molecule has 2 aromatic heterocycles. The van der Waals surface area contributed by atoms with Crippen LogP contribution in [-0.2, 0) is 0 Å². The predicted octanol–water partition coefficient (Wildman–Crippen LogP) is 2.90. The Morgan fingerprint density at radius 2 is 1.83 bits per heavy atom. The molecule has 1 N–H and O–H groups in total. The molecule has 0 aliphatic heterocycles. The van der Waals surface area contributed by atoms with Crippen LogP contribution in [0.1, 0.15) is 22.0 Å². The van der Waals surface area contributed by atoms with Gasteiger partial charge in [-0.25, -0.2) is 9.07 Å². The van der Waals surface area contributed by atoms with Crippen LogP contribution in [-0.4, -0.2) is 41.1 Å². The van der Waals surface area contributed by atoms with Gasteiger partial charge in [-0.3, -0.25) is 4.79 Å². The molecule has 2 aromatic carbocycles. The number of nitrogens with one attached hydrogen (secondary N) is 1. The summed E-state index contributed by atoms with van der Waals surface area (Å²) in [5.41, 5.74) is 1.68. The Kier molecular flexibility index (Phi) is 4.77. The summed E-state index contributed by atoms with van der Waals surface area (Å²) >= 11 is 6.01. The average Bonchev–Trinajstić information content (AvgIpc) is 3.29. The van der Waals surface area contributed by atoms with Gasteiger partial charge in [0.1, 0.15) is 5.82 Å². The third-order valence-corrected chi connectivity index (χ3v) is 4.47. The van der Waals surface area contributed by atoms with E-state index in [0.29, 0.717) is 27.9 Å². The molecule has 4 rings (SSSR count). The molecule has 0 spiro atoms. The van der Waals surface area contributed by atoms with Gasteiger partial charge in [0.25, 0.3) is 5.91 Å². The first-order valence-corrected chi connectivity index (χ1v) is 8.86. The van der Waals surface area contributed by atoms with Gasteiger partial charge in [0.2, 0.25) is 0 Å². The summed E-state index contributed by atoms with van der Waals surface area (Å²) in [6, 6.07) is 11.1. The zero-order chi connectivity index (χ0) is 20.5. The van der Waals surface area contributed by atoms with Crippen molar-refractivity contribution in [2.75, 3.05) is 5.32 Å². The Balaban J connectivity index is 1.63. The molecule has 0 radical (unpaired) electrons. The fourth-order valence-electron chi connectivity index (χ4n) is 2.78. The average molecular weight is 413 g/mol. The minimum absolute atomic E-state index is 0.0286. The van der Waals surface area contributed by atoms with Crippen molar-refractivity contribution >= 4 is 23.2 Å². The number of hydrogen-bond acceptors (Lipinski definition) is 6. The molecule has 11 heteroatoms. The van der Waals surface area contributed by atoms with Crippen LogP contribution < -0.4 is 5.32 Å². The first kappa shape index (κ1) is 18.7. The number of benzene rings is 2. The van der Waals surface area contributed by atoms with Crippen molar-refractivity contribution in [2.24, 2.45) is 0 Å². The Morgan fingerprint density at radius 3 is 2.55 bits per heavy atom. The highest BCUT2D eigenvalue weighted by molar-refractivity contribution is 6.30. The molecular weight excluding hydrogens is 399 g/mol. The highest BCUT2D eigenvalue weighted by Gasteiger charge is 2.19. The van der Waals surface area contributed by atoms with Crippen LogP contribution in [0.3, 0.4) is 0 Å². The number of aryl methyl sites for hydroxylation is 1. The molecule has 146 valence electrons. The number of amides is 1. The number of carbonyl (C=O) groups is 1. The minimum Gasteiger partial charge on any atom is -0.318 e. The SMILES string of the molecule is Cc1nnnn1-c1ccc(F)c(NC(=O)c2nnn(-c3cccc(Cl)c3)c2C)c1. The lowest BCUT2D eigenvalue weighted by Crippen LogP contribution is -2.15. The molecule has 0 bridgehead atoms. The van der Waals surface area contributed by atoms with Crippen LogP contribution in [0.5, 0.6) is 0 Å². The Hall–Kier alpha value is -3.66. The van der Waals surface area contributed by atoms with Gasteiger partial charge < -0.3 is 5.32 Å². The van der Waals surface area contributed by atoms with Crippen molar-refractivity contribution < 1.29 is 9.18 Å². The van der Waals surface area contributed by atoms with E-state index in [4.69, 9.17) is 11.6 Å². The first-order chi connectivity index (χ1) is 13.9. The van der Waals surface area contributed by atoms with Crippen LogP contribution in [0.25, 0.3) is 11.4 Å². The lowest BCUT2D eigenvalue weighted by Gasteiger charge is -2.09. The van der Waals surface area contributed by atoms with Gasteiger partial charge in [0.15, 0.2) is 11.5 Å². The molecule has 4 aromatic rings. The maximum Gasteiger partial charge on any atom is 0.278 e. The summed E-state index contributed by atoms with van der Waals surface area (Å²) in [5, 5.41) is 22.2. The van der Waals surface area contributed by atoms with Crippen LogP contribution in [0, 0.1) is 19.7 Å². The summed E-state index contributed by atoms with van der Waals surface area (Å²) in [6.07, 6.45) is 0. The second-order valence-electron chi connectivity index (χ2n) is 6.17. The Morgan fingerprint density at radius 1 is 1.03 bits per heavy atom. The van der Waals surface area contributed by atoms with Crippen molar-refractivity contribution in [3.8, 4) is 11.4 Å². The topological polar surface area (TPSA) is 103 Å². The van der Waals surface area contributed by atoms with Gasteiger partial charge >= 0.3 is 0 Å². The largest absolute Gasteiger partial charge is 0.318 e. The van der Waals surface area contributed by atoms with Crippen LogP contribution in [0.4, 0.5) is 10.1 Å². The fourth-order valence-corrected chi connectivity index (χ4v) is 2.97. The van der Waals surface area contributed by atoms with Crippen molar-refractivity contribution in [3.63, 3.8) is 0 Å². The van der Waals surface area contributed by atoms with Crippen molar-refractivity contribution in [3.05, 3.63) is 70.5 Å². The van der Waals surface area contributed by atoms with E-state index >= 15 is 0 Å². The number of carbonyl (C=O) groups excluding carboxylic acids is 1. The van der Waals surface area contributed by atoms with E-state index in [-0.39, 0.29) is 11.4 Å². The molecular formula is C18H14ClFN8O. The maximum absolute atomic E-state index is 14.3. The number of halogens is 2. The smallest absolute Gasteiger partial charge is 0.278 e. The molecule has 0 aliphatic rings. The van der Waals surface area contributed by atoms with Gasteiger partial charge in [-0.15, -0.1) is 10.2 Å². The van der Waals surface area contributed by atoms with E-state index in [1.54, 1.807) is 38.1 Å². The summed E-state index contributed by atoms with van der Waals surface area (Å²) in [4.78, 5) is 12.7. The minimum atomic E-state index is -0.604. The van der Waals surface area contributed by atoms with E-state index in [9.17, 15) is 9.18 Å². The highest BCUT2D eigenvalue weighted by atomic mass is 35.5. The molecule has 0 saturated heterocycles. The number of hydrogen-bond donors (Lipinski definition) is 1. The second-order valence-corrected chi connectivity index (χ2v) is 6.61. The summed E-state index contributed by atoms with van der Waals surface area (Å²) in [7, 11) is 0. The molecule has 0 aliphatic carbocycles. The predicted molar refractivity (Wildman–Crippen MR) is 103 cm³/mol. The molecule has 9 nitrogen and oxygen atoms in total. The van der Waals surface area contributed by atoms with Gasteiger partial charge in [0.05, 0.1) is 22.8 Å². The standard InChI is InChI=1S/C18H14ClFN8O/c1-10-17(23-25-27(10)13-5-3-4-12(19)8-13)18(29)21-16-9-14(6-7-15(16)20)28-11(2)22-24-26-28/h3-9H,1-2H3,(H,21,29). The zero-order valence-electron chi connectivity index (χ0n) is 15.3. The monoisotopic (exact) mass is 412 g/mol. The third-order valence-electron chi connectivity index (χ3n) is 4.23. The Labute approximate surface area is 169 Å². The summed E-state index contributed by atoms with van der Waals surface area (Å²) in [6.45, 7) is 3.39. The van der Waals surface area contributed by atoms with Crippen molar-refractivity contribution in [1.82, 2.24) is 35.2 Å². The number of anilines is 1. The lowest BCUT2D eigenvalue weighted by atomic mass is 10.2. The summed E-state index contributed by atoms with van der Waals surface area (Å²) in [5.74, 6) is -0.679. The van der Waals surface area contributed by atoms with E-state index in [1.165, 1.54) is 27.6 Å². The molecule has 1 amide bonds. The van der Waals surface area contributed by atoms with Crippen LogP contribution in [0.2, 0.25) is 5.02 Å². The highest BCUT2D eigenvalue weighted by Crippen LogP contribution is 2.21. The molecule has 0 saturated carbocycles. The molecule has 29 heavy (non-hydrogen) atoms. The molecule has 0 atom stereocenters. The zero-order valence-corrected chi connectivity index (χ0v) is 16.1. The molecule has 0 unspecified atom stereocenters. The second kappa shape index (κ2) is 7.40. The van der Waals surface area contributed by atoms with Crippen LogP contribution >= 0.6 is 11.6 Å². The normalized spacial score (nSPS) is 10.9. The van der Waals surface area contributed by atoms with Gasteiger partial charge in [-0.2, -0.15) is 4.68 Å². The summed E-state index contributed by atoms with van der Waals surface area (Å²) < 4.78 is 17.2. The number of nitrogens with zero attached hydrogens (tertiary/aromatic N) is 7. The molecule has 2 heterocycles. The van der Waals surface area contributed by atoms with E-state index in [2.05, 4.69) is 31.2 Å². The number of aromatic nitrogens is 7. The Bertz CT molecular complexity index is 1220. The quantitative estimate of drug-likeness (QED) is 0.552. The van der Waals surface area contributed by atoms with Crippen molar-refractivity contribution in [1.29, 1.82) is 0 Å². The number of rotatable bonds is 4. The lowest BCUT2D eigenvalue weighted by molar-refractivity contribution is 0.102. The van der Waals surface area contributed by atoms with E-state index < -0.39 is 11.7 Å². The third kappa shape index (κ3) is 3.57. The van der Waals surface area contributed by atoms with Crippen molar-refractivity contribution in [2.45, 2.75) is 13.8 Å². The maximum atomic E-state index is 14.3. The first-order valence-electron chi connectivity index (χ1n) is 8.48. The van der Waals surface area contributed by atoms with E-state index in [1.807, 2.05) is 0 Å². The van der Waals surface area contributed by atoms with Gasteiger partial charge in [-0.05, 0) is 60.7 Å². The molecule has 0 fully saturated rings. The fraction of sp³-hybridized carbons (Fsp3) is 0.111. The van der Waals surface area contributed by atoms with Gasteiger partial charge in [-0.1, -0.05) is 22.9 Å². The number of tetrazole rings is 1. The van der Waals surface area contributed by atoms with Crippen LogP contribution in [0.15, 0.2) is 42.5 Å². The van der Waals surface area contributed by atoms with E-state index in [0.717, 1.165) is 0 Å².